The van der Waals surface area contributed by atoms with Crippen molar-refractivity contribution in [2.45, 2.75) is 18.6 Å². The number of hydrogen-bond acceptors (Lipinski definition) is 4. The van der Waals surface area contributed by atoms with Crippen molar-refractivity contribution in [1.82, 2.24) is 9.80 Å². The normalized spacial score (nSPS) is 24.5. The average molecular weight is 187 g/mol. The van der Waals surface area contributed by atoms with E-state index in [1.54, 1.807) is 0 Å². The molecule has 0 aliphatic carbocycles. The second-order valence-electron chi connectivity index (χ2n) is 3.59. The van der Waals surface area contributed by atoms with Crippen molar-refractivity contribution in [2.24, 2.45) is 5.73 Å². The zero-order valence-corrected chi connectivity index (χ0v) is 8.10. The Hall–Kier alpha value is -0.650. The predicted molar refractivity (Wildman–Crippen MR) is 49.3 cm³/mol. The molecule has 13 heavy (non-hydrogen) atoms. The van der Waals surface area contributed by atoms with Crippen molar-refractivity contribution < 1.29 is 9.90 Å². The molecule has 0 amide bonds. The predicted octanol–water partition coefficient (Wildman–Crippen LogP) is -1.01. The Bertz CT molecular complexity index is 188. The van der Waals surface area contributed by atoms with Gasteiger partial charge in [0.2, 0.25) is 0 Å². The first-order valence-corrected chi connectivity index (χ1v) is 4.43. The van der Waals surface area contributed by atoms with E-state index in [0.717, 1.165) is 19.5 Å². The third-order valence-corrected chi connectivity index (χ3v) is 2.53. The Balaban J connectivity index is 2.67. The molecule has 0 bridgehead atoms. The van der Waals surface area contributed by atoms with Gasteiger partial charge in [0.1, 0.15) is 6.04 Å². The number of nitrogens with zero attached hydrogens (tertiary/aromatic N) is 2. The molecule has 5 nitrogen and oxygen atoms in total. The number of carboxylic acids is 1. The van der Waals surface area contributed by atoms with Crippen LogP contribution in [-0.4, -0.2) is 60.3 Å². The van der Waals surface area contributed by atoms with E-state index in [4.69, 9.17) is 10.8 Å². The highest BCUT2D eigenvalue weighted by Gasteiger charge is 2.33. The molecule has 1 saturated heterocycles. The quantitative estimate of drug-likeness (QED) is 0.580. The van der Waals surface area contributed by atoms with Gasteiger partial charge in [-0.2, -0.15) is 0 Å². The Kier molecular flexibility index (Phi) is 3.24. The minimum Gasteiger partial charge on any atom is -0.480 e. The summed E-state index contributed by atoms with van der Waals surface area (Å²) in [6, 6.07) is -0.824. The maximum absolute atomic E-state index is 10.7. The number of hydrogen-bond donors (Lipinski definition) is 2. The van der Waals surface area contributed by atoms with Crippen LogP contribution in [0.3, 0.4) is 0 Å². The monoisotopic (exact) mass is 187 g/mol. The molecular formula is C8H17N3O2. The molecule has 1 fully saturated rings. The zero-order chi connectivity index (χ0) is 10.0. The molecule has 0 spiro atoms. The molecule has 1 atom stereocenters. The number of aliphatic carboxylic acids is 1. The molecule has 0 saturated carbocycles. The van der Waals surface area contributed by atoms with Crippen LogP contribution in [0.15, 0.2) is 0 Å². The van der Waals surface area contributed by atoms with Crippen molar-refractivity contribution in [2.75, 3.05) is 27.2 Å². The number of carboxylic acid groups (broad SMARTS) is 1. The second kappa shape index (κ2) is 4.04. The van der Waals surface area contributed by atoms with E-state index < -0.39 is 12.0 Å². The first-order valence-electron chi connectivity index (χ1n) is 4.43. The molecule has 1 aliphatic rings. The largest absolute Gasteiger partial charge is 0.480 e. The molecule has 0 aromatic rings. The maximum atomic E-state index is 10.7. The van der Waals surface area contributed by atoms with Crippen molar-refractivity contribution >= 4 is 5.97 Å². The Morgan fingerprint density at radius 3 is 2.31 bits per heavy atom. The van der Waals surface area contributed by atoms with Gasteiger partial charge in [-0.05, 0) is 20.5 Å². The summed E-state index contributed by atoms with van der Waals surface area (Å²) in [6.45, 7) is 1.83. The fourth-order valence-electron chi connectivity index (χ4n) is 1.85. The van der Waals surface area contributed by atoms with Gasteiger partial charge in [-0.3, -0.25) is 14.6 Å². The van der Waals surface area contributed by atoms with Crippen molar-refractivity contribution in [3.05, 3.63) is 0 Å². The number of carbonyl (C=O) groups is 1. The van der Waals surface area contributed by atoms with Crippen LogP contribution in [0.1, 0.15) is 6.42 Å². The van der Waals surface area contributed by atoms with Crippen molar-refractivity contribution in [3.63, 3.8) is 0 Å². The lowest BCUT2D eigenvalue weighted by Gasteiger charge is -2.41. The molecular weight excluding hydrogens is 170 g/mol. The van der Waals surface area contributed by atoms with Crippen LogP contribution in [0, 0.1) is 0 Å². The third kappa shape index (κ3) is 2.18. The van der Waals surface area contributed by atoms with E-state index >= 15 is 0 Å². The molecule has 5 heteroatoms. The van der Waals surface area contributed by atoms with Gasteiger partial charge in [-0.1, -0.05) is 0 Å². The summed E-state index contributed by atoms with van der Waals surface area (Å²) in [7, 11) is 3.81. The molecule has 3 N–H and O–H groups in total. The highest BCUT2D eigenvalue weighted by atomic mass is 16.4. The third-order valence-electron chi connectivity index (χ3n) is 2.53. The summed E-state index contributed by atoms with van der Waals surface area (Å²) in [4.78, 5) is 14.7. The van der Waals surface area contributed by atoms with Gasteiger partial charge in [0.25, 0.3) is 0 Å². The van der Waals surface area contributed by atoms with Gasteiger partial charge in [-0.25, -0.2) is 0 Å². The number of rotatable bonds is 2. The standard InChI is InChI=1S/C8H17N3O2/c1-10-4-3-5-11(2)7(10)6(9)8(12)13/h6-7H,3-5,9H2,1-2H3,(H,12,13). The Morgan fingerprint density at radius 2 is 1.92 bits per heavy atom. The summed E-state index contributed by atoms with van der Waals surface area (Å²) >= 11 is 0. The lowest BCUT2D eigenvalue weighted by molar-refractivity contribution is -0.143. The average Bonchev–Trinajstić information content (AvgIpc) is 2.03. The molecule has 1 heterocycles. The van der Waals surface area contributed by atoms with E-state index in [9.17, 15) is 4.79 Å². The fourth-order valence-corrected chi connectivity index (χ4v) is 1.85. The zero-order valence-electron chi connectivity index (χ0n) is 8.10. The van der Waals surface area contributed by atoms with Gasteiger partial charge < -0.3 is 10.8 Å². The number of likely N-dealkylation sites (N-methyl/N-ethyl adjacent to an activating group) is 2. The first kappa shape index (κ1) is 10.4. The summed E-state index contributed by atoms with van der Waals surface area (Å²) < 4.78 is 0. The van der Waals surface area contributed by atoms with Crippen molar-refractivity contribution in [1.29, 1.82) is 0 Å². The summed E-state index contributed by atoms with van der Waals surface area (Å²) in [6.07, 6.45) is 0.891. The van der Waals surface area contributed by atoms with Crippen LogP contribution in [0.4, 0.5) is 0 Å². The summed E-state index contributed by atoms with van der Waals surface area (Å²) in [5, 5.41) is 8.79. The Morgan fingerprint density at radius 1 is 1.46 bits per heavy atom. The van der Waals surface area contributed by atoms with Gasteiger partial charge in [0, 0.05) is 13.1 Å². The van der Waals surface area contributed by atoms with Crippen LogP contribution in [0.25, 0.3) is 0 Å². The number of nitrogens with two attached hydrogens (primary N) is 1. The SMILES string of the molecule is CN1CCCN(C)C1C(N)C(=O)O. The highest BCUT2D eigenvalue weighted by molar-refractivity contribution is 5.74. The van der Waals surface area contributed by atoms with Crippen LogP contribution < -0.4 is 5.73 Å². The molecule has 0 aromatic carbocycles. The molecule has 1 unspecified atom stereocenters. The topological polar surface area (TPSA) is 69.8 Å². The van der Waals surface area contributed by atoms with Gasteiger partial charge >= 0.3 is 5.97 Å². The van der Waals surface area contributed by atoms with E-state index in [2.05, 4.69) is 0 Å². The van der Waals surface area contributed by atoms with E-state index in [-0.39, 0.29) is 6.17 Å². The Labute approximate surface area is 78.1 Å². The smallest absolute Gasteiger partial charge is 0.323 e. The van der Waals surface area contributed by atoms with Crippen LogP contribution in [-0.2, 0) is 4.79 Å². The minimum absolute atomic E-state index is 0.175. The fraction of sp³-hybridized carbons (Fsp3) is 0.875. The van der Waals surface area contributed by atoms with Crippen LogP contribution in [0.5, 0.6) is 0 Å². The summed E-state index contributed by atoms with van der Waals surface area (Å²) in [5.74, 6) is -0.939. The van der Waals surface area contributed by atoms with Gasteiger partial charge in [0.15, 0.2) is 0 Å². The maximum Gasteiger partial charge on any atom is 0.323 e. The van der Waals surface area contributed by atoms with Gasteiger partial charge in [-0.15, -0.1) is 0 Å². The molecule has 0 radical (unpaired) electrons. The lowest BCUT2D eigenvalue weighted by Crippen LogP contribution is -2.61. The van der Waals surface area contributed by atoms with E-state index in [1.165, 1.54) is 0 Å². The molecule has 1 aliphatic heterocycles. The van der Waals surface area contributed by atoms with Crippen molar-refractivity contribution in [3.8, 4) is 0 Å². The molecule has 1 rings (SSSR count). The van der Waals surface area contributed by atoms with E-state index in [1.807, 2.05) is 23.9 Å². The lowest BCUT2D eigenvalue weighted by atomic mass is 10.1. The minimum atomic E-state index is -0.939. The van der Waals surface area contributed by atoms with E-state index in [0.29, 0.717) is 0 Å². The first-order chi connectivity index (χ1) is 6.04. The van der Waals surface area contributed by atoms with Crippen LogP contribution >= 0.6 is 0 Å². The highest BCUT2D eigenvalue weighted by Crippen LogP contribution is 2.12. The molecule has 76 valence electrons. The molecule has 0 aromatic heterocycles. The summed E-state index contributed by atoms with van der Waals surface area (Å²) in [5.41, 5.74) is 5.59. The second-order valence-corrected chi connectivity index (χ2v) is 3.59. The van der Waals surface area contributed by atoms with Crippen LogP contribution in [0.2, 0.25) is 0 Å². The van der Waals surface area contributed by atoms with Gasteiger partial charge in [0.05, 0.1) is 6.17 Å².